The van der Waals surface area contributed by atoms with Crippen LogP contribution < -0.4 is 4.74 Å². The second kappa shape index (κ2) is 6.06. The van der Waals surface area contributed by atoms with Gasteiger partial charge in [-0.1, -0.05) is 42.5 Å². The smallest absolute Gasteiger partial charge is 0.334 e. The van der Waals surface area contributed by atoms with Gasteiger partial charge in [0.25, 0.3) is 0 Å². The minimum atomic E-state index is -0.230. The van der Waals surface area contributed by atoms with Crippen molar-refractivity contribution in [3.05, 3.63) is 71.3 Å². The zero-order valence-electron chi connectivity index (χ0n) is 12.7. The second-order valence-corrected chi connectivity index (χ2v) is 5.38. The maximum absolute atomic E-state index is 11.6. The summed E-state index contributed by atoms with van der Waals surface area (Å²) in [6.45, 7) is 4.24. The summed E-state index contributed by atoms with van der Waals surface area (Å²) in [6, 6.07) is 17.8. The molecule has 0 unspecified atom stereocenters. The Morgan fingerprint density at radius 3 is 2.32 bits per heavy atom. The van der Waals surface area contributed by atoms with E-state index in [2.05, 4.69) is 0 Å². The lowest BCUT2D eigenvalue weighted by molar-refractivity contribution is -0.138. The molecule has 0 spiro atoms. The summed E-state index contributed by atoms with van der Waals surface area (Å²) in [7, 11) is 0. The molecule has 0 N–H and O–H groups in total. The lowest BCUT2D eigenvalue weighted by Gasteiger charge is -2.11. The topological polar surface area (TPSA) is 35.5 Å². The molecule has 22 heavy (non-hydrogen) atoms. The lowest BCUT2D eigenvalue weighted by Crippen LogP contribution is -2.05. The van der Waals surface area contributed by atoms with E-state index in [1.54, 1.807) is 6.92 Å². The van der Waals surface area contributed by atoms with E-state index in [1.165, 1.54) is 0 Å². The first-order valence-electron chi connectivity index (χ1n) is 7.34. The monoisotopic (exact) mass is 294 g/mol. The fraction of sp³-hybridized carbons (Fsp3) is 0.211. The van der Waals surface area contributed by atoms with Crippen molar-refractivity contribution >= 4 is 11.5 Å². The molecule has 0 bridgehead atoms. The van der Waals surface area contributed by atoms with Gasteiger partial charge in [-0.3, -0.25) is 0 Å². The van der Waals surface area contributed by atoms with Crippen molar-refractivity contribution in [2.75, 3.05) is 0 Å². The van der Waals surface area contributed by atoms with Crippen molar-refractivity contribution in [2.45, 2.75) is 26.6 Å². The van der Waals surface area contributed by atoms with Crippen molar-refractivity contribution in [1.29, 1.82) is 0 Å². The van der Waals surface area contributed by atoms with Gasteiger partial charge in [0.05, 0.1) is 0 Å². The number of carbonyl (C=O) groups is 1. The van der Waals surface area contributed by atoms with E-state index >= 15 is 0 Å². The van der Waals surface area contributed by atoms with Crippen LogP contribution in [0.15, 0.2) is 60.2 Å². The van der Waals surface area contributed by atoms with Crippen LogP contribution in [0.25, 0.3) is 5.57 Å². The maximum atomic E-state index is 11.6. The number of ether oxygens (including phenoxy) is 2. The molecule has 0 fully saturated rings. The Hall–Kier alpha value is -2.55. The zero-order chi connectivity index (χ0) is 15.5. The third-order valence-electron chi connectivity index (χ3n) is 3.81. The predicted molar refractivity (Wildman–Crippen MR) is 85.4 cm³/mol. The molecule has 0 aliphatic carbocycles. The van der Waals surface area contributed by atoms with Crippen LogP contribution in [0.2, 0.25) is 0 Å². The van der Waals surface area contributed by atoms with Crippen LogP contribution in [0.4, 0.5) is 0 Å². The number of cyclic esters (lactones) is 1. The van der Waals surface area contributed by atoms with Gasteiger partial charge in [-0.15, -0.1) is 0 Å². The van der Waals surface area contributed by atoms with Crippen molar-refractivity contribution in [2.24, 2.45) is 0 Å². The zero-order valence-corrected chi connectivity index (χ0v) is 12.7. The van der Waals surface area contributed by atoms with E-state index in [0.29, 0.717) is 12.2 Å². The van der Waals surface area contributed by atoms with Crippen molar-refractivity contribution < 1.29 is 14.3 Å². The summed E-state index contributed by atoms with van der Waals surface area (Å²) >= 11 is 0. The number of esters is 1. The van der Waals surface area contributed by atoms with Crippen molar-refractivity contribution in [1.82, 2.24) is 0 Å². The minimum absolute atomic E-state index is 0.191. The summed E-state index contributed by atoms with van der Waals surface area (Å²) < 4.78 is 11.0. The van der Waals surface area contributed by atoms with Gasteiger partial charge < -0.3 is 9.47 Å². The molecule has 1 heterocycles. The highest BCUT2D eigenvalue weighted by molar-refractivity contribution is 6.02. The number of carbonyl (C=O) groups excluding carboxylic acids is 1. The molecule has 3 rings (SSSR count). The molecule has 1 atom stereocenters. The number of benzene rings is 2. The van der Waals surface area contributed by atoms with Gasteiger partial charge in [0.15, 0.2) is 0 Å². The maximum Gasteiger partial charge on any atom is 0.334 e. The highest BCUT2D eigenvalue weighted by Crippen LogP contribution is 2.32. The van der Waals surface area contributed by atoms with Crippen LogP contribution in [0, 0.1) is 0 Å². The summed E-state index contributed by atoms with van der Waals surface area (Å²) in [5, 5.41) is 0. The molecule has 2 aromatic rings. The quantitative estimate of drug-likeness (QED) is 0.800. The summed E-state index contributed by atoms with van der Waals surface area (Å²) in [6.07, 6.45) is -0.191. The predicted octanol–water partition coefficient (Wildman–Crippen LogP) is 3.98. The molecule has 0 saturated carbocycles. The molecule has 112 valence electrons. The molecule has 2 aromatic carbocycles. The number of hydrogen-bond acceptors (Lipinski definition) is 3. The van der Waals surface area contributed by atoms with Crippen LogP contribution in [0.5, 0.6) is 5.75 Å². The van der Waals surface area contributed by atoms with E-state index in [4.69, 9.17) is 9.47 Å². The van der Waals surface area contributed by atoms with E-state index in [1.807, 2.05) is 61.5 Å². The molecule has 0 amide bonds. The first-order chi connectivity index (χ1) is 10.6. The summed E-state index contributed by atoms with van der Waals surface area (Å²) in [5.74, 6) is 0.579. The van der Waals surface area contributed by atoms with E-state index in [-0.39, 0.29) is 12.1 Å². The van der Waals surface area contributed by atoms with Crippen LogP contribution in [0.1, 0.15) is 25.0 Å². The molecule has 0 radical (unpaired) electrons. The standard InChI is InChI=1S/C19H18O3/c1-13-18(14(2)22-19(13)20)16-8-10-17(11-9-16)21-12-15-6-4-3-5-7-15/h3-11,14H,12H2,1-2H3/t14-/m1/s1. The van der Waals surface area contributed by atoms with Gasteiger partial charge in [-0.25, -0.2) is 4.79 Å². The molecule has 3 nitrogen and oxygen atoms in total. The molecule has 1 aliphatic heterocycles. The molecule has 0 saturated heterocycles. The average Bonchev–Trinajstić information content (AvgIpc) is 2.80. The highest BCUT2D eigenvalue weighted by Gasteiger charge is 2.28. The largest absolute Gasteiger partial charge is 0.489 e. The van der Waals surface area contributed by atoms with Gasteiger partial charge >= 0.3 is 5.97 Å². The van der Waals surface area contributed by atoms with E-state index in [0.717, 1.165) is 22.4 Å². The molecule has 1 aliphatic rings. The summed E-state index contributed by atoms with van der Waals surface area (Å²) in [4.78, 5) is 11.6. The van der Waals surface area contributed by atoms with Crippen LogP contribution >= 0.6 is 0 Å². The van der Waals surface area contributed by atoms with Crippen LogP contribution in [-0.2, 0) is 16.1 Å². The molecule has 3 heteroatoms. The first kappa shape index (κ1) is 14.4. The van der Waals surface area contributed by atoms with Crippen LogP contribution in [-0.4, -0.2) is 12.1 Å². The van der Waals surface area contributed by atoms with Gasteiger partial charge in [0, 0.05) is 11.1 Å². The molecule has 0 aromatic heterocycles. The fourth-order valence-electron chi connectivity index (χ4n) is 2.65. The normalized spacial score (nSPS) is 17.5. The Morgan fingerprint density at radius 1 is 1.05 bits per heavy atom. The third kappa shape index (κ3) is 2.89. The summed E-state index contributed by atoms with van der Waals surface area (Å²) in [5.41, 5.74) is 3.78. The van der Waals surface area contributed by atoms with Gasteiger partial charge in [0.2, 0.25) is 0 Å². The minimum Gasteiger partial charge on any atom is -0.489 e. The SMILES string of the molecule is CC1=C(c2ccc(OCc3ccccc3)cc2)[C@@H](C)OC1=O. The fourth-order valence-corrected chi connectivity index (χ4v) is 2.65. The Balaban J connectivity index is 1.72. The highest BCUT2D eigenvalue weighted by atomic mass is 16.5. The van der Waals surface area contributed by atoms with E-state index < -0.39 is 0 Å². The Morgan fingerprint density at radius 2 is 1.73 bits per heavy atom. The Bertz CT molecular complexity index is 699. The first-order valence-corrected chi connectivity index (χ1v) is 7.34. The third-order valence-corrected chi connectivity index (χ3v) is 3.81. The number of rotatable bonds is 4. The average molecular weight is 294 g/mol. The lowest BCUT2D eigenvalue weighted by atomic mass is 9.98. The van der Waals surface area contributed by atoms with Crippen LogP contribution in [0.3, 0.4) is 0 Å². The second-order valence-electron chi connectivity index (χ2n) is 5.38. The number of hydrogen-bond donors (Lipinski definition) is 0. The Labute approximate surface area is 130 Å². The van der Waals surface area contributed by atoms with Gasteiger partial charge in [0.1, 0.15) is 18.5 Å². The van der Waals surface area contributed by atoms with Gasteiger partial charge in [-0.2, -0.15) is 0 Å². The Kier molecular flexibility index (Phi) is 3.96. The van der Waals surface area contributed by atoms with Gasteiger partial charge in [-0.05, 0) is 37.1 Å². The van der Waals surface area contributed by atoms with E-state index in [9.17, 15) is 4.79 Å². The molecular weight excluding hydrogens is 276 g/mol. The van der Waals surface area contributed by atoms with Crippen molar-refractivity contribution in [3.63, 3.8) is 0 Å². The molecular formula is C19H18O3. The van der Waals surface area contributed by atoms with Crippen molar-refractivity contribution in [3.8, 4) is 5.75 Å².